The molecule has 0 rings (SSSR count). The molecule has 3 heteroatoms. The Balaban J connectivity index is 0. The first-order valence-corrected chi connectivity index (χ1v) is 4.43. The van der Waals surface area contributed by atoms with Crippen molar-refractivity contribution in [1.82, 2.24) is 0 Å². The second-order valence-corrected chi connectivity index (χ2v) is 2.30. The van der Waals surface area contributed by atoms with Gasteiger partial charge in [-0.1, -0.05) is 13.8 Å². The normalized spacial score (nSPS) is 8.00. The van der Waals surface area contributed by atoms with Gasteiger partial charge in [-0.25, -0.2) is 0 Å². The van der Waals surface area contributed by atoms with E-state index in [1.54, 1.807) is 0 Å². The maximum atomic E-state index is 10.0. The lowest BCUT2D eigenvalue weighted by Crippen LogP contribution is -1.85. The Bertz CT molecular complexity index is 74.0. The summed E-state index contributed by atoms with van der Waals surface area (Å²) < 4.78 is 0. The van der Waals surface area contributed by atoms with E-state index >= 15 is 0 Å². The van der Waals surface area contributed by atoms with Crippen molar-refractivity contribution in [1.29, 1.82) is 0 Å². The topological polar surface area (TPSA) is 17.1 Å². The number of unbranched alkanes of at least 4 members (excludes halogenated alkanes) is 1. The van der Waals surface area contributed by atoms with Gasteiger partial charge in [0.1, 0.15) is 0 Å². The molecule has 0 saturated heterocycles. The number of rotatable bonds is 4. The van der Waals surface area contributed by atoms with Crippen molar-refractivity contribution >= 4 is 28.4 Å². The van der Waals surface area contributed by atoms with E-state index in [0.717, 1.165) is 12.8 Å². The zero-order valence-corrected chi connectivity index (χ0v) is 8.00. The Hall–Kier alpha value is 0.250. The summed E-state index contributed by atoms with van der Waals surface area (Å²) >= 11 is 10.4. The van der Waals surface area contributed by atoms with Crippen LogP contribution in [-0.2, 0) is 4.79 Å². The Morgan fingerprint density at radius 3 is 2.10 bits per heavy atom. The van der Waals surface area contributed by atoms with E-state index in [4.69, 9.17) is 23.2 Å². The smallest absolute Gasteiger partial charge is 0.221 e. The molecule has 0 N–H and O–H groups in total. The average molecular weight is 185 g/mol. The van der Waals surface area contributed by atoms with Crippen molar-refractivity contribution in [2.24, 2.45) is 0 Å². The highest BCUT2D eigenvalue weighted by molar-refractivity contribution is 6.63. The Labute approximate surface area is 72.7 Å². The summed E-state index contributed by atoms with van der Waals surface area (Å²) in [6.07, 6.45) is 2.14. The lowest BCUT2D eigenvalue weighted by molar-refractivity contribution is -0.111. The number of carbonyl (C=O) groups excluding carboxylic acids is 1. The Morgan fingerprint density at radius 2 is 1.80 bits per heavy atom. The first kappa shape index (κ1) is 12.9. The van der Waals surface area contributed by atoms with Crippen LogP contribution in [0, 0.1) is 0 Å². The highest BCUT2D eigenvalue weighted by Gasteiger charge is 1.92. The molecule has 0 atom stereocenters. The SMILES string of the molecule is CC.O=C(Cl)CCCCCl. The van der Waals surface area contributed by atoms with Crippen molar-refractivity contribution < 1.29 is 4.79 Å². The number of hydrogen-bond donors (Lipinski definition) is 0. The number of hydrogen-bond acceptors (Lipinski definition) is 1. The molecule has 0 aliphatic rings. The van der Waals surface area contributed by atoms with Crippen LogP contribution in [0.15, 0.2) is 0 Å². The molecule has 0 spiro atoms. The molecule has 0 aromatic carbocycles. The lowest BCUT2D eigenvalue weighted by atomic mass is 10.3. The third-order valence-corrected chi connectivity index (χ3v) is 1.21. The molecule has 0 saturated carbocycles. The third kappa shape index (κ3) is 15.7. The molecule has 0 bridgehead atoms. The molecular formula is C7H14Cl2O. The summed E-state index contributed by atoms with van der Waals surface area (Å²) in [4.78, 5) is 10.0. The fraction of sp³-hybridized carbons (Fsp3) is 0.857. The first-order chi connectivity index (χ1) is 4.77. The zero-order chi connectivity index (χ0) is 8.41. The lowest BCUT2D eigenvalue weighted by Gasteiger charge is -1.88. The maximum absolute atomic E-state index is 10.0. The van der Waals surface area contributed by atoms with Gasteiger partial charge >= 0.3 is 0 Å². The van der Waals surface area contributed by atoms with Gasteiger partial charge in [-0.05, 0) is 24.4 Å². The van der Waals surface area contributed by atoms with E-state index in [2.05, 4.69) is 0 Å². The summed E-state index contributed by atoms with van der Waals surface area (Å²) in [7, 11) is 0. The van der Waals surface area contributed by atoms with Crippen LogP contribution in [0.2, 0.25) is 0 Å². The van der Waals surface area contributed by atoms with Crippen LogP contribution < -0.4 is 0 Å². The maximum Gasteiger partial charge on any atom is 0.221 e. The van der Waals surface area contributed by atoms with Crippen molar-refractivity contribution in [3.63, 3.8) is 0 Å². The summed E-state index contributed by atoms with van der Waals surface area (Å²) in [5, 5.41) is -0.268. The largest absolute Gasteiger partial charge is 0.281 e. The summed E-state index contributed by atoms with van der Waals surface area (Å²) in [5.74, 6) is 0.615. The highest BCUT2D eigenvalue weighted by atomic mass is 35.5. The minimum absolute atomic E-state index is 0.268. The molecule has 0 unspecified atom stereocenters. The molecule has 0 aliphatic carbocycles. The molecule has 0 aliphatic heterocycles. The quantitative estimate of drug-likeness (QED) is 0.373. The van der Waals surface area contributed by atoms with Gasteiger partial charge in [0.25, 0.3) is 0 Å². The van der Waals surface area contributed by atoms with Crippen molar-refractivity contribution in [3.8, 4) is 0 Å². The molecule has 0 aromatic heterocycles. The van der Waals surface area contributed by atoms with Gasteiger partial charge in [0.15, 0.2) is 0 Å². The number of halogens is 2. The second-order valence-electron chi connectivity index (χ2n) is 1.50. The van der Waals surface area contributed by atoms with Gasteiger partial charge in [0, 0.05) is 12.3 Å². The molecule has 0 amide bonds. The van der Waals surface area contributed by atoms with Gasteiger partial charge in [-0.2, -0.15) is 0 Å². The van der Waals surface area contributed by atoms with E-state index in [-0.39, 0.29) is 5.24 Å². The Kier molecular flexibility index (Phi) is 15.4. The van der Waals surface area contributed by atoms with Crippen LogP contribution in [0.25, 0.3) is 0 Å². The predicted octanol–water partition coefficient (Wildman–Crippen LogP) is 3.19. The average Bonchev–Trinajstić information content (AvgIpc) is 1.92. The van der Waals surface area contributed by atoms with Crippen LogP contribution >= 0.6 is 23.2 Å². The molecule has 0 radical (unpaired) electrons. The molecule has 0 aromatic rings. The third-order valence-electron chi connectivity index (χ3n) is 0.757. The first-order valence-electron chi connectivity index (χ1n) is 3.51. The minimum atomic E-state index is -0.268. The minimum Gasteiger partial charge on any atom is -0.281 e. The van der Waals surface area contributed by atoms with Gasteiger partial charge in [0.2, 0.25) is 5.24 Å². The zero-order valence-electron chi connectivity index (χ0n) is 6.49. The highest BCUT2D eigenvalue weighted by Crippen LogP contribution is 1.99. The van der Waals surface area contributed by atoms with E-state index in [1.165, 1.54) is 0 Å². The molecule has 62 valence electrons. The van der Waals surface area contributed by atoms with E-state index < -0.39 is 0 Å². The predicted molar refractivity (Wildman–Crippen MR) is 46.8 cm³/mol. The fourth-order valence-corrected chi connectivity index (χ4v) is 0.681. The summed E-state index contributed by atoms with van der Waals surface area (Å²) in [6, 6.07) is 0. The van der Waals surface area contributed by atoms with Crippen LogP contribution in [0.4, 0.5) is 0 Å². The number of carbonyl (C=O) groups is 1. The van der Waals surface area contributed by atoms with Crippen molar-refractivity contribution in [3.05, 3.63) is 0 Å². The van der Waals surface area contributed by atoms with Crippen LogP contribution in [0.3, 0.4) is 0 Å². The fourth-order valence-electron chi connectivity index (χ4n) is 0.358. The van der Waals surface area contributed by atoms with Gasteiger partial charge in [-0.15, -0.1) is 11.6 Å². The molecule has 0 heterocycles. The van der Waals surface area contributed by atoms with Crippen LogP contribution in [0.1, 0.15) is 33.1 Å². The van der Waals surface area contributed by atoms with Crippen LogP contribution in [0.5, 0.6) is 0 Å². The summed E-state index contributed by atoms with van der Waals surface area (Å²) in [6.45, 7) is 4.00. The molecule has 0 fully saturated rings. The monoisotopic (exact) mass is 184 g/mol. The van der Waals surface area contributed by atoms with Gasteiger partial charge in [0.05, 0.1) is 0 Å². The number of alkyl halides is 1. The molecule has 1 nitrogen and oxygen atoms in total. The summed E-state index contributed by atoms with van der Waals surface area (Å²) in [5.41, 5.74) is 0. The van der Waals surface area contributed by atoms with Crippen molar-refractivity contribution in [2.75, 3.05) is 5.88 Å². The van der Waals surface area contributed by atoms with E-state index in [9.17, 15) is 4.79 Å². The standard InChI is InChI=1S/C5H8Cl2O.C2H6/c6-4-2-1-3-5(7)8;1-2/h1-4H2;1-2H3. The van der Waals surface area contributed by atoms with E-state index in [1.807, 2.05) is 13.8 Å². The van der Waals surface area contributed by atoms with Crippen molar-refractivity contribution in [2.45, 2.75) is 33.1 Å². The molecular weight excluding hydrogens is 171 g/mol. The van der Waals surface area contributed by atoms with Crippen LogP contribution in [-0.4, -0.2) is 11.1 Å². The van der Waals surface area contributed by atoms with Gasteiger partial charge < -0.3 is 0 Å². The second kappa shape index (κ2) is 12.0. The van der Waals surface area contributed by atoms with Gasteiger partial charge in [-0.3, -0.25) is 4.79 Å². The van der Waals surface area contributed by atoms with E-state index in [0.29, 0.717) is 12.3 Å². The Morgan fingerprint density at radius 1 is 1.30 bits per heavy atom. The molecule has 10 heavy (non-hydrogen) atoms.